The van der Waals surface area contributed by atoms with Crippen molar-refractivity contribution in [3.8, 4) is 46.0 Å². The van der Waals surface area contributed by atoms with Gasteiger partial charge in [-0.1, -0.05) is 337 Å². The minimum absolute atomic E-state index is 0.0238. The molecule has 0 unspecified atom stereocenters. The zero-order valence-corrected chi connectivity index (χ0v) is 68.4. The van der Waals surface area contributed by atoms with Crippen LogP contribution in [0.15, 0.2) is 334 Å². The molecule has 0 spiro atoms. The van der Waals surface area contributed by atoms with Crippen LogP contribution in [0.3, 0.4) is 0 Å². The summed E-state index contributed by atoms with van der Waals surface area (Å²) in [5, 5.41) is 6.94. The SMILES string of the molecule is CC.CC.CC.CC.CC.CC.CC.CC.CC.c1ccc(N(c2ccccc2)c2cc3c(c4ccccc24)B2c4c(cccc4Oc4cc(N(c5ccccc5)c5ccccc5)c5ccccc5c42)O3)cc1.c1ccc(N(c2ccccc2)c2cc3c(c4ccccc24)B2c4ccccc4Oc4cccc(c42)O3)cc1. The van der Waals surface area contributed by atoms with Gasteiger partial charge in [0.25, 0.3) is 13.4 Å². The maximum Gasteiger partial charge on any atom is 0.262 e. The maximum atomic E-state index is 6.98. The van der Waals surface area contributed by atoms with Gasteiger partial charge in [0, 0.05) is 79.4 Å². The Morgan fingerprint density at radius 2 is 0.369 bits per heavy atom. The van der Waals surface area contributed by atoms with Gasteiger partial charge in [0.1, 0.15) is 46.0 Å². The number of hydrogen-bond acceptors (Lipinski definition) is 7. The molecule has 0 fully saturated rings. The standard InChI is InChI=1S/C50H33BN2O2.C34H22BNO2.9C2H6/c1-5-18-34(19-6-1)52(35-20-7-2-8-21-35)42-32-46-48(40-28-15-13-26-38(40)42)51-49-41-29-16-14-27-39(41)43(33-47(49)55-45-31-17-30-44(54-46)50(45)51)53(36-22-9-3-10-23-36)37-24-11-4-12-25-37;1-3-12-23(13-4-1)36(24-14-5-2-6-15-24)28-22-32-33(26-17-8-7-16-25(26)28)35-27-18-9-10-19-29(27)37-30-20-11-21-31(38-32)34(30)35;9*1-2/h1-33H;1-22H;9*1-2H3. The molecule has 0 saturated heterocycles. The predicted molar refractivity (Wildman–Crippen MR) is 487 cm³/mol. The van der Waals surface area contributed by atoms with Crippen LogP contribution in [-0.2, 0) is 0 Å². The van der Waals surface area contributed by atoms with Gasteiger partial charge in [0.2, 0.25) is 0 Å². The first-order chi connectivity index (χ1) is 55.2. The largest absolute Gasteiger partial charge is 0.458 e. The summed E-state index contributed by atoms with van der Waals surface area (Å²) < 4.78 is 27.0. The van der Waals surface area contributed by atoms with Gasteiger partial charge in [0.05, 0.1) is 17.1 Å². The van der Waals surface area contributed by atoms with Gasteiger partial charge in [-0.15, -0.1) is 0 Å². The summed E-state index contributed by atoms with van der Waals surface area (Å²) in [6.07, 6.45) is 0. The fraction of sp³-hybridized carbons (Fsp3) is 0.176. The third kappa shape index (κ3) is 16.7. The Hall–Kier alpha value is -12.2. The quantitative estimate of drug-likeness (QED) is 0.133. The summed E-state index contributed by atoms with van der Waals surface area (Å²) in [5.74, 6) is 6.81. The Kier molecular flexibility index (Phi) is 30.9. The monoisotopic (exact) mass is 1460 g/mol. The highest BCUT2D eigenvalue weighted by molar-refractivity contribution is 7.01. The average molecular weight is 1460 g/mol. The van der Waals surface area contributed by atoms with Crippen LogP contribution >= 0.6 is 0 Å². The molecule has 0 aromatic heterocycles. The van der Waals surface area contributed by atoms with E-state index in [1.165, 1.54) is 16.2 Å². The number of hydrogen-bond donors (Lipinski definition) is 0. The van der Waals surface area contributed by atoms with Crippen LogP contribution in [0.25, 0.3) is 32.3 Å². The lowest BCUT2D eigenvalue weighted by molar-refractivity contribution is 0.464. The molecule has 7 nitrogen and oxygen atoms in total. The third-order valence-corrected chi connectivity index (χ3v) is 18.5. The Morgan fingerprint density at radius 1 is 0.171 bits per heavy atom. The Bertz CT molecular complexity index is 5070. The first kappa shape index (κ1) is 82.9. The number of nitrogens with zero attached hydrogens (tertiary/aromatic N) is 3. The minimum Gasteiger partial charge on any atom is -0.458 e. The zero-order valence-electron chi connectivity index (χ0n) is 68.4. The van der Waals surface area contributed by atoms with Gasteiger partial charge < -0.3 is 33.6 Å². The highest BCUT2D eigenvalue weighted by Crippen LogP contribution is 2.49. The molecule has 4 heterocycles. The van der Waals surface area contributed by atoms with E-state index in [0.717, 1.165) is 146 Å². The van der Waals surface area contributed by atoms with Crippen LogP contribution in [0, 0.1) is 0 Å². The van der Waals surface area contributed by atoms with Crippen LogP contribution in [0.1, 0.15) is 125 Å². The third-order valence-electron chi connectivity index (χ3n) is 18.5. The molecule has 0 bridgehead atoms. The normalized spacial score (nSPS) is 10.9. The van der Waals surface area contributed by atoms with Crippen LogP contribution in [0.4, 0.5) is 51.2 Å². The molecular formula is C102H109B2N3O4. The van der Waals surface area contributed by atoms with Crippen molar-refractivity contribution in [3.05, 3.63) is 334 Å². The molecule has 0 saturated carbocycles. The van der Waals surface area contributed by atoms with Crippen molar-refractivity contribution in [1.29, 1.82) is 0 Å². The summed E-state index contributed by atoms with van der Waals surface area (Å²) in [4.78, 5) is 6.98. The van der Waals surface area contributed by atoms with E-state index < -0.39 is 0 Å². The van der Waals surface area contributed by atoms with E-state index in [4.69, 9.17) is 18.9 Å². The van der Waals surface area contributed by atoms with Gasteiger partial charge in [-0.25, -0.2) is 0 Å². The number of fused-ring (bicyclic) bond motifs is 14. The van der Waals surface area contributed by atoms with E-state index in [-0.39, 0.29) is 13.4 Å². The molecule has 0 amide bonds. The summed E-state index contributed by atoms with van der Waals surface area (Å²) in [6, 6.07) is 117. The number of anilines is 9. The molecule has 19 rings (SSSR count). The van der Waals surface area contributed by atoms with Crippen molar-refractivity contribution >= 4 is 130 Å². The second-order valence-corrected chi connectivity index (χ2v) is 23.7. The maximum absolute atomic E-state index is 6.98. The molecule has 15 aromatic carbocycles. The van der Waals surface area contributed by atoms with Gasteiger partial charge >= 0.3 is 0 Å². The van der Waals surface area contributed by atoms with E-state index in [0.29, 0.717) is 0 Å². The first-order valence-corrected chi connectivity index (χ1v) is 40.6. The Labute approximate surface area is 663 Å². The predicted octanol–water partition coefficient (Wildman–Crippen LogP) is 27.9. The van der Waals surface area contributed by atoms with Crippen molar-refractivity contribution in [3.63, 3.8) is 0 Å². The Balaban J connectivity index is 0.000000221. The summed E-state index contributed by atoms with van der Waals surface area (Å²) in [7, 11) is 0. The molecule has 15 aromatic rings. The van der Waals surface area contributed by atoms with E-state index in [1.807, 2.05) is 155 Å². The van der Waals surface area contributed by atoms with Crippen LogP contribution in [0.2, 0.25) is 0 Å². The fourth-order valence-electron chi connectivity index (χ4n) is 14.7. The number of ether oxygens (including phenoxy) is 4. The fourth-order valence-corrected chi connectivity index (χ4v) is 14.7. The van der Waals surface area contributed by atoms with E-state index >= 15 is 0 Å². The first-order valence-electron chi connectivity index (χ1n) is 40.6. The zero-order chi connectivity index (χ0) is 79.3. The highest BCUT2D eigenvalue weighted by Gasteiger charge is 2.45. The lowest BCUT2D eigenvalue weighted by Crippen LogP contribution is -2.58. The second-order valence-electron chi connectivity index (χ2n) is 23.7. The van der Waals surface area contributed by atoms with Crippen molar-refractivity contribution in [2.24, 2.45) is 0 Å². The average Bonchev–Trinajstić information content (AvgIpc) is 0.707. The molecule has 0 N–H and O–H groups in total. The molecule has 562 valence electrons. The molecule has 9 heteroatoms. The molecule has 0 aliphatic carbocycles. The van der Waals surface area contributed by atoms with Gasteiger partial charge in [0.15, 0.2) is 0 Å². The van der Waals surface area contributed by atoms with Crippen LogP contribution in [-0.4, -0.2) is 13.4 Å². The van der Waals surface area contributed by atoms with Gasteiger partial charge in [-0.2, -0.15) is 0 Å². The Morgan fingerprint density at radius 3 is 0.640 bits per heavy atom. The summed E-state index contributed by atoms with van der Waals surface area (Å²) >= 11 is 0. The van der Waals surface area contributed by atoms with Crippen molar-refractivity contribution in [2.75, 3.05) is 14.7 Å². The van der Waals surface area contributed by atoms with E-state index in [2.05, 4.69) is 318 Å². The van der Waals surface area contributed by atoms with Crippen LogP contribution < -0.4 is 66.4 Å². The van der Waals surface area contributed by atoms with Gasteiger partial charge in [-0.3, -0.25) is 0 Å². The smallest absolute Gasteiger partial charge is 0.262 e. The summed E-state index contributed by atoms with van der Waals surface area (Å²) in [6.45, 7) is 35.9. The summed E-state index contributed by atoms with van der Waals surface area (Å²) in [5.41, 5.74) is 16.5. The lowest BCUT2D eigenvalue weighted by atomic mass is 9.33. The van der Waals surface area contributed by atoms with Gasteiger partial charge in [-0.05, 0) is 141 Å². The number of para-hydroxylation sites is 7. The lowest BCUT2D eigenvalue weighted by Gasteiger charge is -2.36. The topological polar surface area (TPSA) is 46.6 Å². The molecule has 4 aliphatic rings. The molecule has 111 heavy (non-hydrogen) atoms. The van der Waals surface area contributed by atoms with Crippen molar-refractivity contribution < 1.29 is 18.9 Å². The highest BCUT2D eigenvalue weighted by atomic mass is 16.5. The number of benzene rings is 15. The van der Waals surface area contributed by atoms with E-state index in [1.54, 1.807) is 0 Å². The van der Waals surface area contributed by atoms with Crippen molar-refractivity contribution in [2.45, 2.75) is 125 Å². The molecular weight excluding hydrogens is 1350 g/mol. The minimum atomic E-state index is -0.139. The van der Waals surface area contributed by atoms with E-state index in [9.17, 15) is 0 Å². The second kappa shape index (κ2) is 41.4. The molecule has 0 atom stereocenters. The number of rotatable bonds is 9. The molecule has 4 aliphatic heterocycles. The van der Waals surface area contributed by atoms with Crippen molar-refractivity contribution in [1.82, 2.24) is 0 Å². The molecule has 0 radical (unpaired) electrons. The van der Waals surface area contributed by atoms with Crippen LogP contribution in [0.5, 0.6) is 46.0 Å².